The first kappa shape index (κ1) is 22.8. The molecule has 3 aromatic rings. The summed E-state index contributed by atoms with van der Waals surface area (Å²) in [5.74, 6) is 0.389. The van der Waals surface area contributed by atoms with Gasteiger partial charge in [-0.1, -0.05) is 43.3 Å². The van der Waals surface area contributed by atoms with Crippen LogP contribution in [0.1, 0.15) is 28.4 Å². The van der Waals surface area contributed by atoms with E-state index < -0.39 is 15.9 Å². The number of fused-ring (bicyclic) bond motifs is 2. The van der Waals surface area contributed by atoms with Gasteiger partial charge in [0.25, 0.3) is 5.91 Å². The SMILES string of the molecule is CCN(C)S(=O)(=O)c1cc2c(cc1NCCc1ccccc1)Oc1ccc(C)cc1NC2=O. The van der Waals surface area contributed by atoms with E-state index in [0.717, 1.165) is 11.1 Å². The Kier molecular flexibility index (Phi) is 6.40. The third kappa shape index (κ3) is 4.72. The van der Waals surface area contributed by atoms with Gasteiger partial charge in [-0.3, -0.25) is 4.79 Å². The van der Waals surface area contributed by atoms with E-state index in [0.29, 0.717) is 42.4 Å². The average molecular weight is 466 g/mol. The van der Waals surface area contributed by atoms with Gasteiger partial charge in [0.15, 0.2) is 5.75 Å². The molecule has 172 valence electrons. The molecule has 0 saturated heterocycles. The molecule has 1 heterocycles. The predicted octanol–water partition coefficient (Wildman–Crippen LogP) is 4.65. The van der Waals surface area contributed by atoms with Gasteiger partial charge in [-0.2, -0.15) is 0 Å². The monoisotopic (exact) mass is 465 g/mol. The molecule has 33 heavy (non-hydrogen) atoms. The Bertz CT molecular complexity index is 1290. The average Bonchev–Trinajstić information content (AvgIpc) is 2.93. The van der Waals surface area contributed by atoms with Gasteiger partial charge in [0.1, 0.15) is 10.6 Å². The number of hydrogen-bond acceptors (Lipinski definition) is 5. The first-order valence-electron chi connectivity index (χ1n) is 10.8. The van der Waals surface area contributed by atoms with Crippen LogP contribution < -0.4 is 15.4 Å². The number of amides is 1. The molecule has 0 atom stereocenters. The highest BCUT2D eigenvalue weighted by atomic mass is 32.2. The number of nitrogens with one attached hydrogen (secondary N) is 2. The van der Waals surface area contributed by atoms with Crippen molar-refractivity contribution < 1.29 is 17.9 Å². The number of hydrogen-bond donors (Lipinski definition) is 2. The number of carbonyl (C=O) groups is 1. The second-order valence-electron chi connectivity index (χ2n) is 7.98. The molecule has 1 aliphatic heterocycles. The van der Waals surface area contributed by atoms with Crippen LogP contribution >= 0.6 is 0 Å². The van der Waals surface area contributed by atoms with Crippen LogP contribution in [0.3, 0.4) is 0 Å². The van der Waals surface area contributed by atoms with Crippen LogP contribution in [-0.2, 0) is 16.4 Å². The molecule has 0 fully saturated rings. The maximum Gasteiger partial charge on any atom is 0.259 e. The van der Waals surface area contributed by atoms with E-state index in [9.17, 15) is 13.2 Å². The minimum absolute atomic E-state index is 0.0412. The number of benzene rings is 3. The van der Waals surface area contributed by atoms with Crippen LogP contribution in [0, 0.1) is 6.92 Å². The molecule has 3 aromatic carbocycles. The van der Waals surface area contributed by atoms with Crippen LogP contribution in [0.4, 0.5) is 11.4 Å². The number of sulfonamides is 1. The molecule has 4 rings (SSSR count). The normalized spacial score (nSPS) is 12.9. The highest BCUT2D eigenvalue weighted by Gasteiger charge is 2.29. The second kappa shape index (κ2) is 9.25. The van der Waals surface area contributed by atoms with Crippen molar-refractivity contribution in [3.8, 4) is 11.5 Å². The standard InChI is InChI=1S/C25H27N3O4S/c1-4-28(3)33(30,31)24-15-19-23(16-21(24)26-13-12-18-8-6-5-7-9-18)32-22-11-10-17(2)14-20(22)27-25(19)29/h5-11,14-16,26H,4,12-13H2,1-3H3,(H,27,29). The van der Waals surface area contributed by atoms with Gasteiger partial charge < -0.3 is 15.4 Å². The molecule has 1 amide bonds. The van der Waals surface area contributed by atoms with Crippen LogP contribution in [0.25, 0.3) is 0 Å². The second-order valence-corrected chi connectivity index (χ2v) is 10.00. The Morgan fingerprint density at radius 3 is 2.52 bits per heavy atom. The van der Waals surface area contributed by atoms with Crippen molar-refractivity contribution in [2.45, 2.75) is 25.2 Å². The number of nitrogens with zero attached hydrogens (tertiary/aromatic N) is 1. The zero-order chi connectivity index (χ0) is 23.6. The van der Waals surface area contributed by atoms with Crippen LogP contribution in [0.15, 0.2) is 65.6 Å². The van der Waals surface area contributed by atoms with Gasteiger partial charge in [-0.25, -0.2) is 12.7 Å². The maximum absolute atomic E-state index is 13.3. The number of rotatable bonds is 7. The Hall–Kier alpha value is -3.36. The molecule has 0 bridgehead atoms. The van der Waals surface area contributed by atoms with E-state index in [1.807, 2.05) is 49.4 Å². The lowest BCUT2D eigenvalue weighted by Gasteiger charge is -2.20. The fourth-order valence-electron chi connectivity index (χ4n) is 3.64. The molecule has 0 unspecified atom stereocenters. The Morgan fingerprint density at radius 1 is 1.03 bits per heavy atom. The largest absolute Gasteiger partial charge is 0.454 e. The minimum Gasteiger partial charge on any atom is -0.454 e. The smallest absolute Gasteiger partial charge is 0.259 e. The lowest BCUT2D eigenvalue weighted by atomic mass is 10.1. The Labute approximate surface area is 194 Å². The number of anilines is 2. The molecule has 0 saturated carbocycles. The van der Waals surface area contributed by atoms with Crippen molar-refractivity contribution in [2.24, 2.45) is 0 Å². The Morgan fingerprint density at radius 2 is 1.79 bits per heavy atom. The van der Waals surface area contributed by atoms with Crippen LogP contribution in [-0.4, -0.2) is 38.8 Å². The highest BCUT2D eigenvalue weighted by molar-refractivity contribution is 7.89. The molecule has 0 radical (unpaired) electrons. The summed E-state index contributed by atoms with van der Waals surface area (Å²) in [5.41, 5.74) is 3.22. The summed E-state index contributed by atoms with van der Waals surface area (Å²) in [5, 5.41) is 6.08. The molecule has 8 heteroatoms. The zero-order valence-corrected chi connectivity index (χ0v) is 19.7. The third-order valence-electron chi connectivity index (χ3n) is 5.64. The number of ether oxygens (including phenoxy) is 1. The van der Waals surface area contributed by atoms with Crippen molar-refractivity contribution in [2.75, 3.05) is 30.8 Å². The van der Waals surface area contributed by atoms with E-state index in [2.05, 4.69) is 10.6 Å². The first-order chi connectivity index (χ1) is 15.8. The summed E-state index contributed by atoms with van der Waals surface area (Å²) in [6.07, 6.45) is 0.713. The van der Waals surface area contributed by atoms with Crippen molar-refractivity contribution >= 4 is 27.3 Å². The molecular weight excluding hydrogens is 438 g/mol. The summed E-state index contributed by atoms with van der Waals surface area (Å²) >= 11 is 0. The van der Waals surface area contributed by atoms with Gasteiger partial charge in [0.05, 0.1) is 16.9 Å². The third-order valence-corrected chi connectivity index (χ3v) is 7.61. The summed E-state index contributed by atoms with van der Waals surface area (Å²) in [4.78, 5) is 13.0. The van der Waals surface area contributed by atoms with Crippen LogP contribution in [0.2, 0.25) is 0 Å². The fourth-order valence-corrected chi connectivity index (χ4v) is 4.99. The number of carbonyl (C=O) groups excluding carboxylic acids is 1. The van der Waals surface area contributed by atoms with E-state index in [4.69, 9.17) is 4.74 Å². The topological polar surface area (TPSA) is 87.7 Å². The maximum atomic E-state index is 13.3. The Balaban J connectivity index is 1.75. The minimum atomic E-state index is -3.82. The van der Waals surface area contributed by atoms with Crippen LogP contribution in [0.5, 0.6) is 11.5 Å². The first-order valence-corrected chi connectivity index (χ1v) is 12.3. The summed E-state index contributed by atoms with van der Waals surface area (Å²) in [6.45, 7) is 4.50. The lowest BCUT2D eigenvalue weighted by molar-refractivity contribution is 0.102. The van der Waals surface area contributed by atoms with Gasteiger partial charge in [-0.15, -0.1) is 0 Å². The van der Waals surface area contributed by atoms with Gasteiger partial charge in [-0.05, 0) is 42.7 Å². The molecule has 1 aliphatic rings. The van der Waals surface area contributed by atoms with Gasteiger partial charge in [0.2, 0.25) is 10.0 Å². The predicted molar refractivity (Wildman–Crippen MR) is 130 cm³/mol. The molecule has 0 aliphatic carbocycles. The van der Waals surface area contributed by atoms with Crippen molar-refractivity contribution in [1.29, 1.82) is 0 Å². The summed E-state index contributed by atoms with van der Waals surface area (Å²) in [6, 6.07) is 18.4. The quantitative estimate of drug-likeness (QED) is 0.530. The molecule has 2 N–H and O–H groups in total. The highest BCUT2D eigenvalue weighted by Crippen LogP contribution is 2.40. The summed E-state index contributed by atoms with van der Waals surface area (Å²) in [7, 11) is -2.30. The summed E-state index contributed by atoms with van der Waals surface area (Å²) < 4.78 is 33.9. The fraction of sp³-hybridized carbons (Fsp3) is 0.240. The van der Waals surface area contributed by atoms with Crippen molar-refractivity contribution in [3.05, 3.63) is 77.4 Å². The van der Waals surface area contributed by atoms with Crippen molar-refractivity contribution in [3.63, 3.8) is 0 Å². The molecule has 0 aromatic heterocycles. The van der Waals surface area contributed by atoms with Crippen molar-refractivity contribution in [1.82, 2.24) is 4.31 Å². The van der Waals surface area contributed by atoms with Gasteiger partial charge >= 0.3 is 0 Å². The molecule has 7 nitrogen and oxygen atoms in total. The van der Waals surface area contributed by atoms with E-state index >= 15 is 0 Å². The molecular formula is C25H27N3O4S. The number of aryl methyl sites for hydroxylation is 1. The van der Waals surface area contributed by atoms with E-state index in [-0.39, 0.29) is 10.5 Å². The van der Waals surface area contributed by atoms with E-state index in [1.165, 1.54) is 17.4 Å². The van der Waals surface area contributed by atoms with Gasteiger partial charge in [0, 0.05) is 26.2 Å². The lowest BCUT2D eigenvalue weighted by Crippen LogP contribution is -2.28. The van der Waals surface area contributed by atoms with E-state index in [1.54, 1.807) is 19.1 Å². The zero-order valence-electron chi connectivity index (χ0n) is 18.9. The molecule has 0 spiro atoms.